The molecule has 0 fully saturated rings. The van der Waals surface area contributed by atoms with Gasteiger partial charge >= 0.3 is 0 Å². The molecule has 3 heteroatoms. The lowest BCUT2D eigenvalue weighted by Gasteiger charge is -2.11. The first kappa shape index (κ1) is 24.1. The number of halogens is 1. The van der Waals surface area contributed by atoms with Crippen molar-refractivity contribution in [2.45, 2.75) is 33.6 Å². The zero-order valence-electron chi connectivity index (χ0n) is 22.5. The number of rotatable bonds is 4. The Hall–Kier alpha value is -4.24. The van der Waals surface area contributed by atoms with Crippen LogP contribution in [-0.4, -0.2) is 0 Å². The van der Waals surface area contributed by atoms with Crippen LogP contribution >= 0.6 is 0 Å². The van der Waals surface area contributed by atoms with Crippen molar-refractivity contribution in [2.24, 2.45) is 7.05 Å². The highest BCUT2D eigenvalue weighted by Gasteiger charge is 2.24. The molecule has 0 bridgehead atoms. The summed E-state index contributed by atoms with van der Waals surface area (Å²) < 4.78 is 24.2. The molecule has 0 N–H and O–H groups in total. The monoisotopic (exact) mass is 500 g/mol. The first-order valence-corrected chi connectivity index (χ1v) is 13.1. The van der Waals surface area contributed by atoms with Gasteiger partial charge in [0, 0.05) is 22.4 Å². The van der Waals surface area contributed by atoms with E-state index in [2.05, 4.69) is 75.8 Å². The van der Waals surface area contributed by atoms with E-state index in [4.69, 9.17) is 4.42 Å². The van der Waals surface area contributed by atoms with Crippen molar-refractivity contribution >= 4 is 21.9 Å². The summed E-state index contributed by atoms with van der Waals surface area (Å²) in [6.07, 6.45) is 2.22. The molecule has 2 heterocycles. The molecule has 0 aliphatic rings. The topological polar surface area (TPSA) is 17.0 Å². The Labute approximate surface area is 223 Å². The summed E-state index contributed by atoms with van der Waals surface area (Å²) in [6, 6.07) is 28.1. The van der Waals surface area contributed by atoms with E-state index in [1.165, 1.54) is 11.1 Å². The second-order valence-corrected chi connectivity index (χ2v) is 10.5. The van der Waals surface area contributed by atoms with E-state index in [1.807, 2.05) is 48.5 Å². The van der Waals surface area contributed by atoms with Crippen LogP contribution in [0, 0.1) is 19.7 Å². The number of hydrogen-bond donors (Lipinski definition) is 0. The third-order valence-corrected chi connectivity index (χ3v) is 7.65. The average Bonchev–Trinajstić information content (AvgIpc) is 3.28. The lowest BCUT2D eigenvalue weighted by atomic mass is 9.95. The Bertz CT molecular complexity index is 1810. The van der Waals surface area contributed by atoms with E-state index in [9.17, 15) is 0 Å². The van der Waals surface area contributed by atoms with Crippen molar-refractivity contribution in [2.75, 3.05) is 0 Å². The van der Waals surface area contributed by atoms with Crippen LogP contribution in [0.4, 0.5) is 4.39 Å². The number of fused-ring (bicyclic) bond motifs is 3. The summed E-state index contributed by atoms with van der Waals surface area (Å²) >= 11 is 0. The summed E-state index contributed by atoms with van der Waals surface area (Å²) in [6.45, 7) is 8.71. The number of pyridine rings is 1. The summed E-state index contributed by atoms with van der Waals surface area (Å²) in [5.41, 5.74) is 10.7. The van der Waals surface area contributed by atoms with Gasteiger partial charge in [0.15, 0.2) is 6.20 Å². The summed E-state index contributed by atoms with van der Waals surface area (Å²) in [7, 11) is 2.08. The number of nitrogens with zero attached hydrogens (tertiary/aromatic N) is 1. The summed E-state index contributed by atoms with van der Waals surface area (Å²) in [5.74, 6) is 0.155. The molecule has 6 aromatic rings. The Morgan fingerprint density at radius 3 is 1.97 bits per heavy atom. The largest absolute Gasteiger partial charge is 0.454 e. The van der Waals surface area contributed by atoms with Crippen molar-refractivity contribution in [3.8, 4) is 33.5 Å². The number of aromatic nitrogens is 1. The molecule has 6 rings (SSSR count). The molecule has 0 atom stereocenters. The third-order valence-electron chi connectivity index (χ3n) is 7.65. The van der Waals surface area contributed by atoms with Crippen molar-refractivity contribution in [1.29, 1.82) is 0 Å². The minimum absolute atomic E-state index is 0.287. The minimum atomic E-state index is -0.287. The molecule has 188 valence electrons. The number of benzene rings is 4. The van der Waals surface area contributed by atoms with Crippen LogP contribution in [0.3, 0.4) is 0 Å². The molecule has 38 heavy (non-hydrogen) atoms. The molecule has 0 radical (unpaired) electrons. The van der Waals surface area contributed by atoms with Gasteiger partial charge in [-0.15, -0.1) is 0 Å². The van der Waals surface area contributed by atoms with Crippen molar-refractivity contribution in [1.82, 2.24) is 0 Å². The van der Waals surface area contributed by atoms with Crippen LogP contribution < -0.4 is 4.57 Å². The Balaban J connectivity index is 1.57. The van der Waals surface area contributed by atoms with E-state index in [1.54, 1.807) is 6.07 Å². The van der Waals surface area contributed by atoms with E-state index >= 15 is 4.39 Å². The van der Waals surface area contributed by atoms with Gasteiger partial charge in [0.25, 0.3) is 0 Å². The Morgan fingerprint density at radius 2 is 1.29 bits per heavy atom. The van der Waals surface area contributed by atoms with Crippen molar-refractivity contribution < 1.29 is 13.4 Å². The fraction of sp³-hybridized carbons (Fsp3) is 0.171. The second-order valence-electron chi connectivity index (χ2n) is 10.5. The first-order chi connectivity index (χ1) is 18.3. The molecule has 4 aromatic carbocycles. The maximum atomic E-state index is 15.4. The van der Waals surface area contributed by atoms with Crippen LogP contribution in [0.5, 0.6) is 0 Å². The fourth-order valence-corrected chi connectivity index (χ4v) is 5.65. The molecule has 2 nitrogen and oxygen atoms in total. The predicted octanol–water partition coefficient (Wildman–Crippen LogP) is 9.29. The zero-order chi connectivity index (χ0) is 26.6. The predicted molar refractivity (Wildman–Crippen MR) is 155 cm³/mol. The van der Waals surface area contributed by atoms with Gasteiger partial charge in [-0.25, -0.2) is 8.96 Å². The number of aryl methyl sites for hydroxylation is 3. The van der Waals surface area contributed by atoms with Gasteiger partial charge in [0.2, 0.25) is 5.69 Å². The Kier molecular flexibility index (Phi) is 5.87. The molecular weight excluding hydrogens is 469 g/mol. The van der Waals surface area contributed by atoms with E-state index < -0.39 is 0 Å². The molecule has 0 amide bonds. The highest BCUT2D eigenvalue weighted by atomic mass is 19.1. The van der Waals surface area contributed by atoms with Crippen LogP contribution in [0.25, 0.3) is 55.4 Å². The third kappa shape index (κ3) is 3.90. The van der Waals surface area contributed by atoms with Gasteiger partial charge in [-0.05, 0) is 59.7 Å². The lowest BCUT2D eigenvalue weighted by molar-refractivity contribution is -0.660. The SMILES string of the molecule is Cc1cc(-c2c(C)ccc3c2oc2c(-c4ccc(-c5ccccc5)cc4)c(F)ccc23)[n+](C)cc1C(C)C. The van der Waals surface area contributed by atoms with Crippen LogP contribution in [0.15, 0.2) is 95.5 Å². The van der Waals surface area contributed by atoms with Crippen LogP contribution in [0.1, 0.15) is 36.5 Å². The molecule has 0 spiro atoms. The van der Waals surface area contributed by atoms with Gasteiger partial charge in [-0.2, -0.15) is 0 Å². The van der Waals surface area contributed by atoms with Gasteiger partial charge in [0.1, 0.15) is 24.0 Å². The van der Waals surface area contributed by atoms with Gasteiger partial charge in [0.05, 0.1) is 11.1 Å². The first-order valence-electron chi connectivity index (χ1n) is 13.1. The second kappa shape index (κ2) is 9.25. The maximum absolute atomic E-state index is 15.4. The van der Waals surface area contributed by atoms with Gasteiger partial charge in [-0.1, -0.05) is 80.6 Å². The van der Waals surface area contributed by atoms with Crippen LogP contribution in [-0.2, 0) is 7.05 Å². The summed E-state index contributed by atoms with van der Waals surface area (Å²) in [5, 5.41) is 1.91. The van der Waals surface area contributed by atoms with Gasteiger partial charge < -0.3 is 4.42 Å². The van der Waals surface area contributed by atoms with Crippen molar-refractivity contribution in [3.05, 3.63) is 114 Å². The molecule has 0 aliphatic carbocycles. The van der Waals surface area contributed by atoms with E-state index in [0.29, 0.717) is 17.1 Å². The fourth-order valence-electron chi connectivity index (χ4n) is 5.65. The molecule has 0 aliphatic heterocycles. The molecule has 2 aromatic heterocycles. The van der Waals surface area contributed by atoms with Crippen molar-refractivity contribution in [3.63, 3.8) is 0 Å². The normalized spacial score (nSPS) is 11.7. The highest BCUT2D eigenvalue weighted by Crippen LogP contribution is 2.42. The molecule has 0 saturated carbocycles. The molecule has 0 saturated heterocycles. The summed E-state index contributed by atoms with van der Waals surface area (Å²) in [4.78, 5) is 0. The average molecular weight is 501 g/mol. The number of hydrogen-bond acceptors (Lipinski definition) is 1. The zero-order valence-corrected chi connectivity index (χ0v) is 22.5. The number of furan rings is 1. The molecular formula is C35H31FNO+. The standard InChI is InChI=1S/C35H31FNO/c1-21(2)29-20-37(5)31(19-23(29)4)32-22(3)11-16-27-28-17-18-30(36)33(35(28)38-34(27)32)26-14-12-25(13-15-26)24-9-7-6-8-10-24/h6-21H,1-5H3/q+1. The quantitative estimate of drug-likeness (QED) is 0.220. The van der Waals surface area contributed by atoms with Gasteiger partial charge in [-0.3, -0.25) is 0 Å². The van der Waals surface area contributed by atoms with E-state index in [0.717, 1.165) is 49.9 Å². The van der Waals surface area contributed by atoms with E-state index in [-0.39, 0.29) is 5.82 Å². The van der Waals surface area contributed by atoms with Crippen LogP contribution in [0.2, 0.25) is 0 Å². The lowest BCUT2D eigenvalue weighted by Crippen LogP contribution is -2.32. The smallest absolute Gasteiger partial charge is 0.216 e. The molecule has 0 unspecified atom stereocenters. The Morgan fingerprint density at radius 1 is 0.684 bits per heavy atom. The maximum Gasteiger partial charge on any atom is 0.216 e. The highest BCUT2D eigenvalue weighted by molar-refractivity contribution is 6.13. The minimum Gasteiger partial charge on any atom is -0.454 e.